The summed E-state index contributed by atoms with van der Waals surface area (Å²) in [5, 5.41) is 0. The highest BCUT2D eigenvalue weighted by Crippen LogP contribution is 2.33. The Morgan fingerprint density at radius 1 is 1.20 bits per heavy atom. The van der Waals surface area contributed by atoms with Crippen molar-refractivity contribution in [1.82, 2.24) is 0 Å². The van der Waals surface area contributed by atoms with E-state index in [4.69, 9.17) is 15.2 Å². The molecule has 1 aliphatic carbocycles. The zero-order valence-electron chi connectivity index (χ0n) is 12.7. The van der Waals surface area contributed by atoms with Gasteiger partial charge in [-0.3, -0.25) is 0 Å². The lowest BCUT2D eigenvalue weighted by Gasteiger charge is -2.31. The van der Waals surface area contributed by atoms with Crippen LogP contribution in [0.1, 0.15) is 52.4 Å². The van der Waals surface area contributed by atoms with E-state index in [0.717, 1.165) is 24.3 Å². The Balaban J connectivity index is 2.04. The lowest BCUT2D eigenvalue weighted by molar-refractivity contribution is 0.0901. The molecule has 1 aromatic rings. The first kappa shape index (κ1) is 15.0. The number of nitrogen functional groups attached to an aromatic ring is 1. The number of hydrogen-bond donors (Lipinski definition) is 1. The Bertz CT molecular complexity index is 419. The molecule has 0 spiro atoms. The second-order valence-electron chi connectivity index (χ2n) is 5.66. The summed E-state index contributed by atoms with van der Waals surface area (Å²) in [5.74, 6) is 2.31. The highest BCUT2D eigenvalue weighted by Gasteiger charge is 2.25. The molecule has 1 fully saturated rings. The summed E-state index contributed by atoms with van der Waals surface area (Å²) in [6, 6.07) is 5.77. The van der Waals surface area contributed by atoms with Crippen molar-refractivity contribution in [1.29, 1.82) is 0 Å². The fourth-order valence-electron chi connectivity index (χ4n) is 2.90. The van der Waals surface area contributed by atoms with Crippen molar-refractivity contribution in [2.45, 2.75) is 58.5 Å². The van der Waals surface area contributed by atoms with Crippen LogP contribution in [0, 0.1) is 5.92 Å². The van der Waals surface area contributed by atoms with Gasteiger partial charge >= 0.3 is 0 Å². The SMILES string of the molecule is CCCOc1cc(OC2CCCCC2CC)ccc1N. The minimum Gasteiger partial charge on any atom is -0.491 e. The van der Waals surface area contributed by atoms with Gasteiger partial charge in [0, 0.05) is 6.07 Å². The third kappa shape index (κ3) is 3.81. The van der Waals surface area contributed by atoms with Gasteiger partial charge in [-0.2, -0.15) is 0 Å². The molecule has 0 aliphatic heterocycles. The van der Waals surface area contributed by atoms with E-state index in [9.17, 15) is 0 Å². The molecule has 0 saturated heterocycles. The van der Waals surface area contributed by atoms with Gasteiger partial charge in [0.25, 0.3) is 0 Å². The number of hydrogen-bond acceptors (Lipinski definition) is 3. The quantitative estimate of drug-likeness (QED) is 0.783. The average molecular weight is 277 g/mol. The van der Waals surface area contributed by atoms with E-state index in [-0.39, 0.29) is 0 Å². The van der Waals surface area contributed by atoms with Crippen LogP contribution < -0.4 is 15.2 Å². The standard InChI is InChI=1S/C17H27NO2/c1-3-11-19-17-12-14(9-10-15(17)18)20-16-8-6-5-7-13(16)4-2/h9-10,12-13,16H,3-8,11,18H2,1-2H3. The van der Waals surface area contributed by atoms with Gasteiger partial charge in [-0.15, -0.1) is 0 Å². The normalized spacial score (nSPS) is 22.5. The summed E-state index contributed by atoms with van der Waals surface area (Å²) >= 11 is 0. The number of nitrogens with two attached hydrogens (primary N) is 1. The Morgan fingerprint density at radius 3 is 2.75 bits per heavy atom. The summed E-state index contributed by atoms with van der Waals surface area (Å²) in [5.41, 5.74) is 6.62. The molecule has 0 aromatic heterocycles. The molecule has 0 bridgehead atoms. The Labute approximate surface area is 122 Å². The topological polar surface area (TPSA) is 44.5 Å². The Kier molecular flexibility index (Phi) is 5.57. The van der Waals surface area contributed by atoms with E-state index >= 15 is 0 Å². The molecular formula is C17H27NO2. The Hall–Kier alpha value is -1.38. The molecule has 2 atom stereocenters. The fourth-order valence-corrected chi connectivity index (χ4v) is 2.90. The molecule has 112 valence electrons. The van der Waals surface area contributed by atoms with Gasteiger partial charge in [0.1, 0.15) is 17.6 Å². The van der Waals surface area contributed by atoms with E-state index in [1.807, 2.05) is 18.2 Å². The minimum atomic E-state index is 0.344. The molecule has 3 nitrogen and oxygen atoms in total. The number of benzene rings is 1. The third-order valence-corrected chi connectivity index (χ3v) is 4.10. The van der Waals surface area contributed by atoms with E-state index in [0.29, 0.717) is 24.3 Å². The highest BCUT2D eigenvalue weighted by atomic mass is 16.5. The summed E-state index contributed by atoms with van der Waals surface area (Å²) in [6.07, 6.45) is 7.57. The summed E-state index contributed by atoms with van der Waals surface area (Å²) in [7, 11) is 0. The lowest BCUT2D eigenvalue weighted by Crippen LogP contribution is -2.29. The second kappa shape index (κ2) is 7.41. The van der Waals surface area contributed by atoms with Gasteiger partial charge < -0.3 is 15.2 Å². The molecule has 20 heavy (non-hydrogen) atoms. The molecule has 1 aliphatic rings. The maximum Gasteiger partial charge on any atom is 0.145 e. The van der Waals surface area contributed by atoms with Crippen molar-refractivity contribution in [3.63, 3.8) is 0 Å². The first-order valence-corrected chi connectivity index (χ1v) is 7.93. The molecule has 3 heteroatoms. The van der Waals surface area contributed by atoms with E-state index in [1.165, 1.54) is 25.7 Å². The lowest BCUT2D eigenvalue weighted by atomic mass is 9.85. The van der Waals surface area contributed by atoms with Gasteiger partial charge in [0.05, 0.1) is 12.3 Å². The van der Waals surface area contributed by atoms with E-state index in [1.54, 1.807) is 0 Å². The van der Waals surface area contributed by atoms with Crippen molar-refractivity contribution in [3.05, 3.63) is 18.2 Å². The highest BCUT2D eigenvalue weighted by molar-refractivity contribution is 5.55. The van der Waals surface area contributed by atoms with Crippen molar-refractivity contribution in [2.24, 2.45) is 5.92 Å². The number of ether oxygens (including phenoxy) is 2. The third-order valence-electron chi connectivity index (χ3n) is 4.10. The molecule has 0 heterocycles. The molecular weight excluding hydrogens is 250 g/mol. The first-order chi connectivity index (χ1) is 9.74. The van der Waals surface area contributed by atoms with Crippen LogP contribution in [0.4, 0.5) is 5.69 Å². The maximum atomic E-state index is 6.20. The monoisotopic (exact) mass is 277 g/mol. The zero-order chi connectivity index (χ0) is 14.4. The molecule has 0 radical (unpaired) electrons. The summed E-state index contributed by atoms with van der Waals surface area (Å²) in [4.78, 5) is 0. The van der Waals surface area contributed by atoms with Crippen LogP contribution in [0.5, 0.6) is 11.5 Å². The van der Waals surface area contributed by atoms with Crippen LogP contribution in [0.2, 0.25) is 0 Å². The van der Waals surface area contributed by atoms with Crippen molar-refractivity contribution < 1.29 is 9.47 Å². The summed E-state index contributed by atoms with van der Waals surface area (Å²) < 4.78 is 11.9. The van der Waals surface area contributed by atoms with Crippen LogP contribution >= 0.6 is 0 Å². The second-order valence-corrected chi connectivity index (χ2v) is 5.66. The molecule has 1 aromatic carbocycles. The van der Waals surface area contributed by atoms with Gasteiger partial charge in [-0.25, -0.2) is 0 Å². The smallest absolute Gasteiger partial charge is 0.145 e. The molecule has 2 N–H and O–H groups in total. The molecule has 2 rings (SSSR count). The van der Waals surface area contributed by atoms with Gasteiger partial charge in [0.15, 0.2) is 0 Å². The predicted molar refractivity (Wildman–Crippen MR) is 83.3 cm³/mol. The largest absolute Gasteiger partial charge is 0.491 e. The molecule has 2 unspecified atom stereocenters. The molecule has 1 saturated carbocycles. The van der Waals surface area contributed by atoms with Crippen molar-refractivity contribution >= 4 is 5.69 Å². The minimum absolute atomic E-state index is 0.344. The maximum absolute atomic E-state index is 6.20. The number of anilines is 1. The zero-order valence-corrected chi connectivity index (χ0v) is 12.7. The average Bonchev–Trinajstić information content (AvgIpc) is 2.48. The van der Waals surface area contributed by atoms with Crippen LogP contribution in [-0.2, 0) is 0 Å². The predicted octanol–water partition coefficient (Wildman–Crippen LogP) is 4.41. The van der Waals surface area contributed by atoms with Crippen LogP contribution in [-0.4, -0.2) is 12.7 Å². The van der Waals surface area contributed by atoms with Crippen LogP contribution in [0.3, 0.4) is 0 Å². The Morgan fingerprint density at radius 2 is 2.00 bits per heavy atom. The van der Waals surface area contributed by atoms with Crippen molar-refractivity contribution in [3.8, 4) is 11.5 Å². The van der Waals surface area contributed by atoms with Crippen molar-refractivity contribution in [2.75, 3.05) is 12.3 Å². The first-order valence-electron chi connectivity index (χ1n) is 7.93. The molecule has 0 amide bonds. The van der Waals surface area contributed by atoms with Crippen LogP contribution in [0.15, 0.2) is 18.2 Å². The summed E-state index contributed by atoms with van der Waals surface area (Å²) in [6.45, 7) is 5.03. The van der Waals surface area contributed by atoms with E-state index in [2.05, 4.69) is 13.8 Å². The fraction of sp³-hybridized carbons (Fsp3) is 0.647. The van der Waals surface area contributed by atoms with Gasteiger partial charge in [-0.1, -0.05) is 20.3 Å². The van der Waals surface area contributed by atoms with Gasteiger partial charge in [0.2, 0.25) is 0 Å². The number of rotatable bonds is 6. The van der Waals surface area contributed by atoms with E-state index < -0.39 is 0 Å². The van der Waals surface area contributed by atoms with Crippen LogP contribution in [0.25, 0.3) is 0 Å². The van der Waals surface area contributed by atoms with Gasteiger partial charge in [-0.05, 0) is 50.2 Å².